The number of rotatable bonds is 3. The van der Waals surface area contributed by atoms with Crippen LogP contribution in [0.5, 0.6) is 0 Å². The molecule has 0 bridgehead atoms. The number of hydrogen-bond acceptors (Lipinski definition) is 2. The first kappa shape index (κ1) is 12.6. The summed E-state index contributed by atoms with van der Waals surface area (Å²) in [6.45, 7) is 3.74. The minimum Gasteiger partial charge on any atom is -0.315 e. The van der Waals surface area contributed by atoms with Gasteiger partial charge in [0.25, 0.3) is 0 Å². The van der Waals surface area contributed by atoms with E-state index in [1.807, 2.05) is 12.1 Å². The summed E-state index contributed by atoms with van der Waals surface area (Å²) in [4.78, 5) is 0.962. The van der Waals surface area contributed by atoms with E-state index in [0.29, 0.717) is 0 Å². The second-order valence-electron chi connectivity index (χ2n) is 4.74. The Balaban J connectivity index is 2.03. The van der Waals surface area contributed by atoms with Crippen LogP contribution in [0.4, 0.5) is 0 Å². The molecule has 0 amide bonds. The summed E-state index contributed by atoms with van der Waals surface area (Å²) in [7, 11) is -0.960. The van der Waals surface area contributed by atoms with Crippen LogP contribution < -0.4 is 5.32 Å². The normalized spacial score (nSPS) is 21.5. The fourth-order valence-corrected chi connectivity index (χ4v) is 3.84. The average molecular weight is 271 g/mol. The Kier molecular flexibility index (Phi) is 3.49. The molecule has 1 aliphatic heterocycles. The van der Waals surface area contributed by atoms with Crippen molar-refractivity contribution in [3.63, 3.8) is 0 Å². The zero-order chi connectivity index (χ0) is 13.2. The Morgan fingerprint density at radius 2 is 1.95 bits per heavy atom. The third-order valence-electron chi connectivity index (χ3n) is 3.46. The van der Waals surface area contributed by atoms with Crippen molar-refractivity contribution < 1.29 is 4.21 Å². The topological polar surface area (TPSA) is 29.1 Å². The third kappa shape index (κ3) is 2.36. The maximum Gasteiger partial charge on any atom is 0.0702 e. The van der Waals surface area contributed by atoms with E-state index in [1.54, 1.807) is 0 Å². The fourth-order valence-electron chi connectivity index (χ4n) is 2.42. The molecule has 3 heteroatoms. The van der Waals surface area contributed by atoms with E-state index in [4.69, 9.17) is 0 Å². The summed E-state index contributed by atoms with van der Waals surface area (Å²) in [5, 5.41) is 5.71. The van der Waals surface area contributed by atoms with Crippen LogP contribution in [0.3, 0.4) is 0 Å². The third-order valence-corrected chi connectivity index (χ3v) is 5.12. The summed E-state index contributed by atoms with van der Waals surface area (Å²) in [6, 6.07) is 12.4. The molecule has 0 saturated carbocycles. The average Bonchev–Trinajstić information content (AvgIpc) is 2.45. The molecule has 2 unspecified atom stereocenters. The molecule has 1 N–H and O–H groups in total. The van der Waals surface area contributed by atoms with Gasteiger partial charge in [0.2, 0.25) is 0 Å². The molecule has 1 aliphatic rings. The number of benzene rings is 2. The molecular weight excluding hydrogens is 254 g/mol. The van der Waals surface area contributed by atoms with Crippen LogP contribution in [0.1, 0.15) is 12.5 Å². The highest BCUT2D eigenvalue weighted by Crippen LogP contribution is 2.29. The molecule has 2 aromatic rings. The SMILES string of the molecule is CCNCC1C=Cc2cc3ccccc3cc2S1=O. The van der Waals surface area contributed by atoms with Gasteiger partial charge in [-0.15, -0.1) is 0 Å². The van der Waals surface area contributed by atoms with Crippen molar-refractivity contribution in [2.75, 3.05) is 13.1 Å². The second kappa shape index (κ2) is 5.27. The van der Waals surface area contributed by atoms with Gasteiger partial charge in [0, 0.05) is 11.4 Å². The largest absolute Gasteiger partial charge is 0.315 e. The van der Waals surface area contributed by atoms with Crippen LogP contribution in [0.25, 0.3) is 16.8 Å². The highest BCUT2D eigenvalue weighted by atomic mass is 32.2. The first-order valence-corrected chi connectivity index (χ1v) is 7.83. The lowest BCUT2D eigenvalue weighted by Crippen LogP contribution is -2.30. The maximum atomic E-state index is 12.6. The lowest BCUT2D eigenvalue weighted by atomic mass is 10.1. The Labute approximate surface area is 116 Å². The van der Waals surface area contributed by atoms with Crippen molar-refractivity contribution in [2.45, 2.75) is 17.1 Å². The smallest absolute Gasteiger partial charge is 0.0702 e. The van der Waals surface area contributed by atoms with Gasteiger partial charge in [0.05, 0.1) is 16.0 Å². The zero-order valence-electron chi connectivity index (χ0n) is 10.9. The van der Waals surface area contributed by atoms with Gasteiger partial charge in [-0.3, -0.25) is 4.21 Å². The van der Waals surface area contributed by atoms with Gasteiger partial charge in [-0.25, -0.2) is 0 Å². The van der Waals surface area contributed by atoms with E-state index in [9.17, 15) is 4.21 Å². The molecule has 19 heavy (non-hydrogen) atoms. The van der Waals surface area contributed by atoms with Crippen molar-refractivity contribution in [3.05, 3.63) is 48.0 Å². The second-order valence-corrected chi connectivity index (χ2v) is 6.38. The lowest BCUT2D eigenvalue weighted by molar-refractivity contribution is 0.663. The number of nitrogens with one attached hydrogen (secondary N) is 1. The Morgan fingerprint density at radius 1 is 1.21 bits per heavy atom. The summed E-state index contributed by atoms with van der Waals surface area (Å²) in [5.74, 6) is 0. The van der Waals surface area contributed by atoms with Crippen LogP contribution in [-0.4, -0.2) is 22.5 Å². The van der Waals surface area contributed by atoms with Crippen molar-refractivity contribution in [3.8, 4) is 0 Å². The first-order valence-electron chi connectivity index (χ1n) is 6.62. The Bertz CT molecular complexity index is 663. The van der Waals surface area contributed by atoms with Gasteiger partial charge in [-0.1, -0.05) is 43.3 Å². The minimum absolute atomic E-state index is 0.0774. The quantitative estimate of drug-likeness (QED) is 0.930. The highest BCUT2D eigenvalue weighted by molar-refractivity contribution is 7.86. The van der Waals surface area contributed by atoms with Crippen molar-refractivity contribution in [1.29, 1.82) is 0 Å². The number of hydrogen-bond donors (Lipinski definition) is 1. The highest BCUT2D eigenvalue weighted by Gasteiger charge is 2.21. The molecule has 0 spiro atoms. The molecule has 0 fully saturated rings. The summed E-state index contributed by atoms with van der Waals surface area (Å²) >= 11 is 0. The van der Waals surface area contributed by atoms with Crippen LogP contribution in [0, 0.1) is 0 Å². The summed E-state index contributed by atoms with van der Waals surface area (Å²) in [6.07, 6.45) is 4.17. The Hall–Kier alpha value is -1.45. The maximum absolute atomic E-state index is 12.6. The molecule has 1 heterocycles. The Morgan fingerprint density at radius 3 is 2.68 bits per heavy atom. The standard InChI is InChI=1S/C16H17NOS/c1-2-17-11-15-8-7-14-9-12-5-3-4-6-13(12)10-16(14)19(15)18/h3-10,15,17H,2,11H2,1H3. The fraction of sp³-hybridized carbons (Fsp3) is 0.250. The molecular formula is C16H17NOS. The molecule has 0 radical (unpaired) electrons. The van der Waals surface area contributed by atoms with Gasteiger partial charge in [0.1, 0.15) is 0 Å². The molecule has 3 rings (SSSR count). The van der Waals surface area contributed by atoms with Crippen molar-refractivity contribution in [2.24, 2.45) is 0 Å². The molecule has 0 saturated heterocycles. The van der Waals surface area contributed by atoms with E-state index in [-0.39, 0.29) is 5.25 Å². The number of fused-ring (bicyclic) bond motifs is 2. The van der Waals surface area contributed by atoms with E-state index in [2.05, 4.69) is 48.7 Å². The summed E-state index contributed by atoms with van der Waals surface area (Å²) < 4.78 is 12.6. The monoisotopic (exact) mass is 271 g/mol. The van der Waals surface area contributed by atoms with E-state index in [0.717, 1.165) is 28.9 Å². The molecule has 2 atom stereocenters. The van der Waals surface area contributed by atoms with E-state index in [1.165, 1.54) is 5.39 Å². The van der Waals surface area contributed by atoms with Crippen molar-refractivity contribution in [1.82, 2.24) is 5.32 Å². The van der Waals surface area contributed by atoms with E-state index < -0.39 is 10.8 Å². The predicted octanol–water partition coefficient (Wildman–Crippen LogP) is 2.95. The van der Waals surface area contributed by atoms with Crippen LogP contribution in [-0.2, 0) is 10.8 Å². The van der Waals surface area contributed by atoms with Gasteiger partial charge >= 0.3 is 0 Å². The summed E-state index contributed by atoms with van der Waals surface area (Å²) in [5.41, 5.74) is 1.09. The van der Waals surface area contributed by atoms with E-state index >= 15 is 0 Å². The van der Waals surface area contributed by atoms with Crippen LogP contribution >= 0.6 is 0 Å². The minimum atomic E-state index is -0.960. The molecule has 0 aliphatic carbocycles. The first-order chi connectivity index (χ1) is 9.29. The van der Waals surface area contributed by atoms with Gasteiger partial charge in [-0.05, 0) is 35.0 Å². The van der Waals surface area contributed by atoms with Crippen LogP contribution in [0.15, 0.2) is 47.4 Å². The van der Waals surface area contributed by atoms with Gasteiger partial charge in [0.15, 0.2) is 0 Å². The molecule has 2 aromatic carbocycles. The molecule has 2 nitrogen and oxygen atoms in total. The van der Waals surface area contributed by atoms with Gasteiger partial charge in [-0.2, -0.15) is 0 Å². The lowest BCUT2D eigenvalue weighted by Gasteiger charge is -2.19. The zero-order valence-corrected chi connectivity index (χ0v) is 11.7. The predicted molar refractivity (Wildman–Crippen MR) is 81.7 cm³/mol. The molecule has 98 valence electrons. The molecule has 0 aromatic heterocycles. The van der Waals surface area contributed by atoms with Crippen molar-refractivity contribution >= 4 is 27.6 Å². The van der Waals surface area contributed by atoms with Gasteiger partial charge < -0.3 is 5.32 Å². The van der Waals surface area contributed by atoms with Crippen LogP contribution in [0.2, 0.25) is 0 Å².